The summed E-state index contributed by atoms with van der Waals surface area (Å²) in [6, 6.07) is 7.06. The van der Waals surface area contributed by atoms with E-state index in [1.54, 1.807) is 6.92 Å². The summed E-state index contributed by atoms with van der Waals surface area (Å²) in [5.41, 5.74) is 0.869. The quantitative estimate of drug-likeness (QED) is 0.841. The number of carbonyl (C=O) groups excluding carboxylic acids is 1. The fraction of sp³-hybridized carbons (Fsp3) is 0.385. The van der Waals surface area contributed by atoms with E-state index < -0.39 is 16.8 Å². The second kappa shape index (κ2) is 5.64. The highest BCUT2D eigenvalue weighted by Gasteiger charge is 2.61. The molecule has 21 heavy (non-hydrogen) atoms. The van der Waals surface area contributed by atoms with Crippen molar-refractivity contribution in [2.24, 2.45) is 4.99 Å². The van der Waals surface area contributed by atoms with Crippen molar-refractivity contribution < 1.29 is 18.0 Å². The molecule has 114 valence electrons. The van der Waals surface area contributed by atoms with Gasteiger partial charge in [-0.15, -0.1) is 0 Å². The summed E-state index contributed by atoms with van der Waals surface area (Å²) in [4.78, 5) is 15.1. The molecule has 1 aromatic rings. The van der Waals surface area contributed by atoms with Gasteiger partial charge in [-0.25, -0.2) is 0 Å². The molecule has 0 fully saturated rings. The molecule has 8 heteroatoms. The van der Waals surface area contributed by atoms with Crippen LogP contribution in [0.2, 0.25) is 0 Å². The third-order valence-electron chi connectivity index (χ3n) is 3.16. The van der Waals surface area contributed by atoms with Crippen LogP contribution in [-0.4, -0.2) is 22.0 Å². The SMILES string of the molecule is C[C@H](NC1=NC(=O)C(C)(C(F)(F)F)S1)c1ccccc1Br. The Bertz CT molecular complexity index is 605. The highest BCUT2D eigenvalue weighted by atomic mass is 79.9. The standard InChI is InChI=1S/C13H12BrF3N2OS/c1-7(8-5-3-4-6-9(8)14)18-11-19-10(20)12(2,21-11)13(15,16)17/h3-7H,1-2H3,(H,18,19,20)/t7-,12?/m0/s1. The van der Waals surface area contributed by atoms with E-state index in [0.717, 1.165) is 17.0 Å². The van der Waals surface area contributed by atoms with Crippen molar-refractivity contribution in [2.45, 2.75) is 30.8 Å². The molecule has 0 aromatic heterocycles. The smallest absolute Gasteiger partial charge is 0.358 e. The second-order valence-electron chi connectivity index (χ2n) is 4.74. The number of rotatable bonds is 2. The van der Waals surface area contributed by atoms with Crippen LogP contribution in [0.5, 0.6) is 0 Å². The fourth-order valence-electron chi connectivity index (χ4n) is 1.79. The highest BCUT2D eigenvalue weighted by Crippen LogP contribution is 2.46. The molecule has 0 bridgehead atoms. The van der Waals surface area contributed by atoms with Gasteiger partial charge >= 0.3 is 6.18 Å². The van der Waals surface area contributed by atoms with Gasteiger partial charge in [-0.05, 0) is 25.5 Å². The van der Waals surface area contributed by atoms with Crippen molar-refractivity contribution in [1.29, 1.82) is 0 Å². The maximum absolute atomic E-state index is 12.9. The van der Waals surface area contributed by atoms with Gasteiger partial charge in [-0.2, -0.15) is 18.2 Å². The number of nitrogens with zero attached hydrogens (tertiary/aromatic N) is 1. The predicted octanol–water partition coefficient (Wildman–Crippen LogP) is 4.05. The number of thioether (sulfide) groups is 1. The number of amidine groups is 1. The monoisotopic (exact) mass is 380 g/mol. The Labute approximate surface area is 132 Å². The molecule has 1 aromatic carbocycles. The molecule has 1 heterocycles. The van der Waals surface area contributed by atoms with E-state index in [2.05, 4.69) is 26.2 Å². The molecule has 0 radical (unpaired) electrons. The van der Waals surface area contributed by atoms with Crippen molar-refractivity contribution >= 4 is 38.8 Å². The zero-order chi connectivity index (χ0) is 15.8. The van der Waals surface area contributed by atoms with E-state index in [1.165, 1.54) is 0 Å². The molecular weight excluding hydrogens is 369 g/mol. The average molecular weight is 381 g/mol. The topological polar surface area (TPSA) is 41.5 Å². The maximum atomic E-state index is 12.9. The van der Waals surface area contributed by atoms with E-state index in [9.17, 15) is 18.0 Å². The summed E-state index contributed by atoms with van der Waals surface area (Å²) in [5.74, 6) is -1.18. The predicted molar refractivity (Wildman–Crippen MR) is 80.2 cm³/mol. The average Bonchev–Trinajstić information content (AvgIpc) is 2.65. The molecule has 0 aliphatic carbocycles. The van der Waals surface area contributed by atoms with Crippen LogP contribution in [0.3, 0.4) is 0 Å². The van der Waals surface area contributed by atoms with Gasteiger partial charge < -0.3 is 5.32 Å². The summed E-state index contributed by atoms with van der Waals surface area (Å²) < 4.78 is 37.1. The van der Waals surface area contributed by atoms with Gasteiger partial charge in [0.2, 0.25) is 0 Å². The number of nitrogens with one attached hydrogen (secondary N) is 1. The number of aliphatic imine (C=N–C) groups is 1. The molecule has 2 atom stereocenters. The Morgan fingerprint density at radius 1 is 1.38 bits per heavy atom. The number of amides is 1. The van der Waals surface area contributed by atoms with Gasteiger partial charge in [0.25, 0.3) is 5.91 Å². The van der Waals surface area contributed by atoms with Gasteiger partial charge in [0.1, 0.15) is 0 Å². The lowest BCUT2D eigenvalue weighted by Gasteiger charge is -2.23. The van der Waals surface area contributed by atoms with Crippen LogP contribution >= 0.6 is 27.7 Å². The van der Waals surface area contributed by atoms with Crippen LogP contribution in [0.4, 0.5) is 13.2 Å². The fourth-order valence-corrected chi connectivity index (χ4v) is 3.42. The first-order valence-electron chi connectivity index (χ1n) is 6.05. The van der Waals surface area contributed by atoms with Crippen LogP contribution in [0, 0.1) is 0 Å². The molecule has 2 rings (SSSR count). The third-order valence-corrected chi connectivity index (χ3v) is 5.10. The minimum absolute atomic E-state index is 0.0110. The molecule has 1 unspecified atom stereocenters. The molecule has 0 saturated carbocycles. The van der Waals surface area contributed by atoms with Gasteiger partial charge in [0.15, 0.2) is 9.91 Å². The largest absolute Gasteiger partial charge is 0.412 e. The van der Waals surface area contributed by atoms with E-state index >= 15 is 0 Å². The summed E-state index contributed by atoms with van der Waals surface area (Å²) in [6.07, 6.45) is -4.64. The van der Waals surface area contributed by atoms with Crippen LogP contribution in [0.15, 0.2) is 33.7 Å². The molecule has 1 amide bonds. The first-order valence-corrected chi connectivity index (χ1v) is 7.66. The summed E-state index contributed by atoms with van der Waals surface area (Å²) in [5, 5.41) is 2.84. The van der Waals surface area contributed by atoms with E-state index in [0.29, 0.717) is 11.8 Å². The van der Waals surface area contributed by atoms with Crippen molar-refractivity contribution in [3.63, 3.8) is 0 Å². The zero-order valence-corrected chi connectivity index (χ0v) is 13.6. The summed E-state index contributed by atoms with van der Waals surface area (Å²) in [6.45, 7) is 2.64. The number of benzene rings is 1. The lowest BCUT2D eigenvalue weighted by atomic mass is 10.1. The molecule has 1 N–H and O–H groups in total. The highest BCUT2D eigenvalue weighted by molar-refractivity contribution is 9.10. The second-order valence-corrected chi connectivity index (χ2v) is 7.00. The molecule has 0 spiro atoms. The van der Waals surface area contributed by atoms with Crippen molar-refractivity contribution in [3.05, 3.63) is 34.3 Å². The lowest BCUT2D eigenvalue weighted by Crippen LogP contribution is -2.44. The number of halogens is 4. The number of hydrogen-bond donors (Lipinski definition) is 1. The van der Waals surface area contributed by atoms with Crippen LogP contribution in [-0.2, 0) is 4.79 Å². The zero-order valence-electron chi connectivity index (χ0n) is 11.2. The van der Waals surface area contributed by atoms with Gasteiger partial charge in [0.05, 0.1) is 6.04 Å². The lowest BCUT2D eigenvalue weighted by molar-refractivity contribution is -0.165. The van der Waals surface area contributed by atoms with E-state index in [1.807, 2.05) is 24.3 Å². The van der Waals surface area contributed by atoms with Crippen LogP contribution in [0.25, 0.3) is 0 Å². The van der Waals surface area contributed by atoms with E-state index in [-0.39, 0.29) is 11.2 Å². The van der Waals surface area contributed by atoms with Crippen molar-refractivity contribution in [1.82, 2.24) is 5.32 Å². The van der Waals surface area contributed by atoms with E-state index in [4.69, 9.17) is 0 Å². The molecular formula is C13H12BrF3N2OS. The normalized spacial score (nSPS) is 23.9. The minimum Gasteiger partial charge on any atom is -0.358 e. The number of alkyl halides is 3. The van der Waals surface area contributed by atoms with Gasteiger partial charge in [0, 0.05) is 4.47 Å². The number of carbonyl (C=O) groups is 1. The van der Waals surface area contributed by atoms with Crippen LogP contribution < -0.4 is 5.32 Å². The first-order chi connectivity index (χ1) is 9.65. The third kappa shape index (κ3) is 3.11. The molecule has 3 nitrogen and oxygen atoms in total. The Morgan fingerprint density at radius 3 is 2.52 bits per heavy atom. The summed E-state index contributed by atoms with van der Waals surface area (Å²) in [7, 11) is 0. The molecule has 1 aliphatic rings. The van der Waals surface area contributed by atoms with Gasteiger partial charge in [-0.3, -0.25) is 4.79 Å². The Morgan fingerprint density at radius 2 is 2.00 bits per heavy atom. The van der Waals surface area contributed by atoms with Crippen molar-refractivity contribution in [2.75, 3.05) is 0 Å². The number of hydrogen-bond acceptors (Lipinski definition) is 3. The van der Waals surface area contributed by atoms with Crippen molar-refractivity contribution in [3.8, 4) is 0 Å². The minimum atomic E-state index is -4.64. The maximum Gasteiger partial charge on any atom is 0.412 e. The molecule has 0 saturated heterocycles. The van der Waals surface area contributed by atoms with Crippen LogP contribution in [0.1, 0.15) is 25.5 Å². The Kier molecular flexibility index (Phi) is 4.39. The molecule has 1 aliphatic heterocycles. The Hall–Kier alpha value is -1.02. The first kappa shape index (κ1) is 16.4. The van der Waals surface area contributed by atoms with Gasteiger partial charge in [-0.1, -0.05) is 45.9 Å². The Balaban J connectivity index is 2.14. The summed E-state index contributed by atoms with van der Waals surface area (Å²) >= 11 is 3.78.